The summed E-state index contributed by atoms with van der Waals surface area (Å²) in [6.45, 7) is 3.42. The SMILES string of the molecule is CCC=CCC=CCC=CCC=CCC=CCC=CCCC(=O)OCC(COP(=O)(O)OCCN)OC(=O)CCCCC=CCC=CCC=CCCCCC. The van der Waals surface area contributed by atoms with E-state index >= 15 is 0 Å². The van der Waals surface area contributed by atoms with E-state index in [1.54, 1.807) is 0 Å². The maximum Gasteiger partial charge on any atom is 0.472 e. The molecule has 10 heteroatoms. The summed E-state index contributed by atoms with van der Waals surface area (Å²) in [4.78, 5) is 34.8. The highest BCUT2D eigenvalue weighted by Gasteiger charge is 2.25. The summed E-state index contributed by atoms with van der Waals surface area (Å²) in [6, 6.07) is 0. The van der Waals surface area contributed by atoms with Crippen molar-refractivity contribution in [1.82, 2.24) is 0 Å². The van der Waals surface area contributed by atoms with Gasteiger partial charge in [-0.3, -0.25) is 18.6 Å². The molecule has 2 unspecified atom stereocenters. The van der Waals surface area contributed by atoms with E-state index in [1.165, 1.54) is 19.3 Å². The van der Waals surface area contributed by atoms with Crippen molar-refractivity contribution in [2.24, 2.45) is 5.73 Å². The smallest absolute Gasteiger partial charge is 0.462 e. The van der Waals surface area contributed by atoms with Crippen LogP contribution in [0, 0.1) is 0 Å². The molecule has 2 atom stereocenters. The number of carbonyl (C=O) groups excluding carboxylic acids is 2. The molecule has 0 aromatic heterocycles. The Labute approximate surface area is 333 Å². The third kappa shape index (κ3) is 40.2. The number of allylic oxidation sites excluding steroid dienone is 18. The number of carbonyl (C=O) groups is 2. The molecule has 0 amide bonds. The molecule has 0 spiro atoms. The maximum atomic E-state index is 12.5. The van der Waals surface area contributed by atoms with Crippen molar-refractivity contribution in [1.29, 1.82) is 0 Å². The lowest BCUT2D eigenvalue weighted by molar-refractivity contribution is -0.161. The van der Waals surface area contributed by atoms with Gasteiger partial charge in [0.1, 0.15) is 6.61 Å². The molecule has 0 aromatic carbocycles. The first-order valence-electron chi connectivity index (χ1n) is 20.4. The van der Waals surface area contributed by atoms with Gasteiger partial charge in [-0.15, -0.1) is 0 Å². The molecule has 9 nitrogen and oxygen atoms in total. The Bertz CT molecular complexity index is 1260. The molecule has 0 aromatic rings. The molecule has 0 aliphatic heterocycles. The summed E-state index contributed by atoms with van der Waals surface area (Å²) >= 11 is 0. The first-order chi connectivity index (χ1) is 26.8. The van der Waals surface area contributed by atoms with Gasteiger partial charge >= 0.3 is 19.8 Å². The molecular formula is C45H72NO8P. The molecule has 0 saturated carbocycles. The zero-order chi connectivity index (χ0) is 40.3. The van der Waals surface area contributed by atoms with Gasteiger partial charge in [0.05, 0.1) is 13.2 Å². The molecule has 0 saturated heterocycles. The minimum absolute atomic E-state index is 0.0312. The third-order valence-electron chi connectivity index (χ3n) is 7.66. The Morgan fingerprint density at radius 2 is 1.02 bits per heavy atom. The highest BCUT2D eigenvalue weighted by Crippen LogP contribution is 2.43. The minimum atomic E-state index is -4.41. The molecule has 0 fully saturated rings. The number of nitrogens with two attached hydrogens (primary N) is 1. The van der Waals surface area contributed by atoms with Crippen LogP contribution in [0.25, 0.3) is 0 Å². The van der Waals surface area contributed by atoms with Crippen LogP contribution in [0.4, 0.5) is 0 Å². The van der Waals surface area contributed by atoms with Crippen LogP contribution in [0.3, 0.4) is 0 Å². The Morgan fingerprint density at radius 3 is 1.49 bits per heavy atom. The number of ether oxygens (including phenoxy) is 2. The van der Waals surface area contributed by atoms with Crippen LogP contribution in [-0.4, -0.2) is 49.3 Å². The number of phosphoric ester groups is 1. The number of rotatable bonds is 36. The molecule has 0 aliphatic carbocycles. The molecule has 3 N–H and O–H groups in total. The highest BCUT2D eigenvalue weighted by atomic mass is 31.2. The first-order valence-corrected chi connectivity index (χ1v) is 21.9. The van der Waals surface area contributed by atoms with Crippen molar-refractivity contribution >= 4 is 19.8 Å². The van der Waals surface area contributed by atoms with E-state index in [2.05, 4.69) is 111 Å². The average molecular weight is 786 g/mol. The Kier molecular flexibility index (Phi) is 37.9. The number of esters is 2. The van der Waals surface area contributed by atoms with Gasteiger partial charge in [-0.2, -0.15) is 0 Å². The van der Waals surface area contributed by atoms with Crippen LogP contribution in [0.15, 0.2) is 109 Å². The zero-order valence-corrected chi connectivity index (χ0v) is 34.7. The lowest BCUT2D eigenvalue weighted by atomic mass is 10.1. The number of unbranched alkanes of at least 4 members (excludes halogenated alkanes) is 5. The van der Waals surface area contributed by atoms with Crippen LogP contribution in [-0.2, 0) is 32.7 Å². The van der Waals surface area contributed by atoms with Crippen molar-refractivity contribution in [2.45, 2.75) is 136 Å². The molecule has 0 aliphatic rings. The fourth-order valence-electron chi connectivity index (χ4n) is 4.66. The monoisotopic (exact) mass is 785 g/mol. The number of phosphoric acid groups is 1. The number of hydrogen-bond acceptors (Lipinski definition) is 8. The summed E-state index contributed by atoms with van der Waals surface area (Å²) < 4.78 is 32.6. The van der Waals surface area contributed by atoms with E-state index in [1.807, 2.05) is 12.2 Å². The first kappa shape index (κ1) is 51.7. The van der Waals surface area contributed by atoms with E-state index < -0.39 is 32.5 Å². The third-order valence-corrected chi connectivity index (χ3v) is 8.64. The van der Waals surface area contributed by atoms with Gasteiger partial charge in [-0.25, -0.2) is 4.57 Å². The quantitative estimate of drug-likeness (QED) is 0.0275. The van der Waals surface area contributed by atoms with Gasteiger partial charge < -0.3 is 20.1 Å². The maximum absolute atomic E-state index is 12.5. The predicted molar refractivity (Wildman–Crippen MR) is 228 cm³/mol. The summed E-state index contributed by atoms with van der Waals surface area (Å²) in [7, 11) is -4.41. The van der Waals surface area contributed by atoms with Crippen molar-refractivity contribution in [3.63, 3.8) is 0 Å². The van der Waals surface area contributed by atoms with Crippen molar-refractivity contribution in [3.05, 3.63) is 109 Å². The van der Waals surface area contributed by atoms with Crippen molar-refractivity contribution in [3.8, 4) is 0 Å². The van der Waals surface area contributed by atoms with E-state index in [4.69, 9.17) is 24.3 Å². The molecule has 0 radical (unpaired) electrons. The fourth-order valence-corrected chi connectivity index (χ4v) is 5.43. The molecule has 0 heterocycles. The summed E-state index contributed by atoms with van der Waals surface area (Å²) in [5, 5.41) is 0. The summed E-state index contributed by atoms with van der Waals surface area (Å²) in [5.41, 5.74) is 5.33. The zero-order valence-electron chi connectivity index (χ0n) is 33.9. The Morgan fingerprint density at radius 1 is 0.564 bits per heavy atom. The minimum Gasteiger partial charge on any atom is -0.462 e. The average Bonchev–Trinajstić information content (AvgIpc) is 3.17. The largest absolute Gasteiger partial charge is 0.472 e. The molecule has 0 bridgehead atoms. The highest BCUT2D eigenvalue weighted by molar-refractivity contribution is 7.47. The van der Waals surface area contributed by atoms with E-state index in [9.17, 15) is 19.0 Å². The normalized spacial score (nSPS) is 14.5. The molecule has 55 heavy (non-hydrogen) atoms. The topological polar surface area (TPSA) is 134 Å². The second-order valence-electron chi connectivity index (χ2n) is 12.8. The van der Waals surface area contributed by atoms with Gasteiger partial charge in [0, 0.05) is 19.4 Å². The van der Waals surface area contributed by atoms with E-state index in [0.717, 1.165) is 70.6 Å². The lowest BCUT2D eigenvalue weighted by Crippen LogP contribution is -2.29. The van der Waals surface area contributed by atoms with Crippen molar-refractivity contribution in [2.75, 3.05) is 26.4 Å². The van der Waals surface area contributed by atoms with Crippen LogP contribution < -0.4 is 5.73 Å². The summed E-state index contributed by atoms with van der Waals surface area (Å²) in [6.07, 6.45) is 52.8. The number of hydrogen-bond donors (Lipinski definition) is 2. The lowest BCUT2D eigenvalue weighted by Gasteiger charge is -2.19. The molecular weight excluding hydrogens is 713 g/mol. The Hall–Kier alpha value is -3.33. The van der Waals surface area contributed by atoms with Gasteiger partial charge in [0.15, 0.2) is 6.10 Å². The van der Waals surface area contributed by atoms with Gasteiger partial charge in [-0.05, 0) is 89.9 Å². The van der Waals surface area contributed by atoms with Crippen molar-refractivity contribution < 1.29 is 37.6 Å². The second-order valence-corrected chi connectivity index (χ2v) is 14.2. The standard InChI is InChI=1S/C45H72NO8P/c1-3-5-7-9-11-13-15-17-19-20-21-22-24-25-27-29-31-33-35-37-44(47)51-41-43(42-53-55(49,50)52-40-39-46)54-45(48)38-36-34-32-30-28-26-23-18-16-14-12-10-8-6-4-2/h5,7,11-14,17-19,21-23,25,27-28,30-31,33,43H,3-4,6,8-10,15-16,20,24,26,29,32,34-42,46H2,1-2H3,(H,49,50). The second kappa shape index (κ2) is 40.3. The fraction of sp³-hybridized carbons (Fsp3) is 0.556. The predicted octanol–water partition coefficient (Wildman–Crippen LogP) is 11.6. The molecule has 0 rings (SSSR count). The summed E-state index contributed by atoms with van der Waals surface area (Å²) in [5.74, 6) is -0.986. The van der Waals surface area contributed by atoms with Gasteiger partial charge in [-0.1, -0.05) is 136 Å². The van der Waals surface area contributed by atoms with Crippen LogP contribution in [0.2, 0.25) is 0 Å². The van der Waals surface area contributed by atoms with E-state index in [-0.39, 0.29) is 32.6 Å². The van der Waals surface area contributed by atoms with Crippen LogP contribution in [0.1, 0.15) is 129 Å². The Balaban J connectivity index is 4.41. The molecule has 310 valence electrons. The van der Waals surface area contributed by atoms with Crippen LogP contribution >= 0.6 is 7.82 Å². The van der Waals surface area contributed by atoms with Crippen LogP contribution in [0.5, 0.6) is 0 Å². The van der Waals surface area contributed by atoms with Gasteiger partial charge in [0.25, 0.3) is 0 Å². The van der Waals surface area contributed by atoms with Gasteiger partial charge in [0.2, 0.25) is 0 Å². The van der Waals surface area contributed by atoms with E-state index in [0.29, 0.717) is 12.8 Å².